The largest absolute Gasteiger partial charge is 0.481 e. The van der Waals surface area contributed by atoms with Crippen LogP contribution in [0.4, 0.5) is 5.13 Å². The molecule has 0 aliphatic carbocycles. The fourth-order valence-electron chi connectivity index (χ4n) is 1.93. The standard InChI is InChI=1S/C16H12BrClN2O2S/c1-9(22-12-5-2-10(17)3-6-12)15(21)20-16-19-13-7-4-11(18)8-14(13)23-16/h2-9H,1H3,(H,19,20,21). The van der Waals surface area contributed by atoms with Crippen molar-refractivity contribution in [3.8, 4) is 5.75 Å². The molecule has 4 nitrogen and oxygen atoms in total. The Morgan fingerprint density at radius 1 is 1.30 bits per heavy atom. The summed E-state index contributed by atoms with van der Waals surface area (Å²) in [5.41, 5.74) is 0.802. The number of amides is 1. The van der Waals surface area contributed by atoms with Gasteiger partial charge in [-0.2, -0.15) is 0 Å². The maximum atomic E-state index is 12.2. The van der Waals surface area contributed by atoms with Crippen molar-refractivity contribution in [2.75, 3.05) is 5.32 Å². The molecule has 1 heterocycles. The third-order valence-corrected chi connectivity index (χ3v) is 4.77. The SMILES string of the molecule is CC(Oc1ccc(Br)cc1)C(=O)Nc1nc2ccc(Cl)cc2s1. The van der Waals surface area contributed by atoms with Crippen molar-refractivity contribution >= 4 is 60.1 Å². The quantitative estimate of drug-likeness (QED) is 0.648. The first-order valence-electron chi connectivity index (χ1n) is 6.80. The monoisotopic (exact) mass is 410 g/mol. The van der Waals surface area contributed by atoms with Crippen molar-refractivity contribution in [3.05, 3.63) is 52.0 Å². The summed E-state index contributed by atoms with van der Waals surface area (Å²) >= 11 is 10.7. The van der Waals surface area contributed by atoms with Crippen LogP contribution in [0, 0.1) is 0 Å². The van der Waals surface area contributed by atoms with Gasteiger partial charge in [0.05, 0.1) is 10.2 Å². The maximum absolute atomic E-state index is 12.2. The summed E-state index contributed by atoms with van der Waals surface area (Å²) in [5.74, 6) is 0.380. The van der Waals surface area contributed by atoms with Crippen LogP contribution in [-0.4, -0.2) is 17.0 Å². The molecule has 0 aliphatic rings. The van der Waals surface area contributed by atoms with E-state index in [2.05, 4.69) is 26.2 Å². The van der Waals surface area contributed by atoms with E-state index in [-0.39, 0.29) is 5.91 Å². The zero-order valence-corrected chi connectivity index (χ0v) is 15.2. The van der Waals surface area contributed by atoms with Crippen LogP contribution < -0.4 is 10.1 Å². The second-order valence-corrected chi connectivity index (χ2v) is 7.22. The molecule has 0 fully saturated rings. The Labute approximate surface area is 150 Å². The molecule has 3 aromatic rings. The lowest BCUT2D eigenvalue weighted by atomic mass is 10.3. The molecular formula is C16H12BrClN2O2S. The average Bonchev–Trinajstić information content (AvgIpc) is 2.90. The first-order valence-corrected chi connectivity index (χ1v) is 8.79. The van der Waals surface area contributed by atoms with Gasteiger partial charge in [-0.1, -0.05) is 38.9 Å². The molecule has 0 saturated heterocycles. The highest BCUT2D eigenvalue weighted by atomic mass is 79.9. The van der Waals surface area contributed by atoms with Crippen LogP contribution in [0.3, 0.4) is 0 Å². The van der Waals surface area contributed by atoms with Crippen LogP contribution in [0.2, 0.25) is 5.02 Å². The van der Waals surface area contributed by atoms with E-state index in [9.17, 15) is 4.79 Å². The smallest absolute Gasteiger partial charge is 0.266 e. The van der Waals surface area contributed by atoms with Crippen LogP contribution in [0.15, 0.2) is 46.9 Å². The van der Waals surface area contributed by atoms with Gasteiger partial charge in [0.2, 0.25) is 0 Å². The van der Waals surface area contributed by atoms with Crippen molar-refractivity contribution in [1.29, 1.82) is 0 Å². The number of rotatable bonds is 4. The second kappa shape index (κ2) is 6.86. The Kier molecular flexibility index (Phi) is 4.84. The Bertz CT molecular complexity index is 851. The van der Waals surface area contributed by atoms with Gasteiger partial charge in [0.1, 0.15) is 5.75 Å². The molecule has 1 N–H and O–H groups in total. The molecule has 1 amide bonds. The summed E-state index contributed by atoms with van der Waals surface area (Å²) < 4.78 is 7.50. The molecule has 2 aromatic carbocycles. The first kappa shape index (κ1) is 16.2. The fraction of sp³-hybridized carbons (Fsp3) is 0.125. The zero-order valence-electron chi connectivity index (χ0n) is 12.0. The molecule has 0 saturated carbocycles. The highest BCUT2D eigenvalue weighted by Crippen LogP contribution is 2.28. The number of nitrogens with one attached hydrogen (secondary N) is 1. The molecule has 0 aliphatic heterocycles. The van der Waals surface area contributed by atoms with Gasteiger partial charge in [-0.15, -0.1) is 0 Å². The summed E-state index contributed by atoms with van der Waals surface area (Å²) in [5, 5.41) is 3.94. The summed E-state index contributed by atoms with van der Waals surface area (Å²) in [6, 6.07) is 12.7. The minimum atomic E-state index is -0.633. The molecule has 1 aromatic heterocycles. The summed E-state index contributed by atoms with van der Waals surface area (Å²) in [6.45, 7) is 1.70. The van der Waals surface area contributed by atoms with E-state index in [1.54, 1.807) is 25.1 Å². The molecule has 7 heteroatoms. The number of halogens is 2. The molecule has 118 valence electrons. The van der Waals surface area contributed by atoms with Crippen LogP contribution in [0.1, 0.15) is 6.92 Å². The second-order valence-electron chi connectivity index (χ2n) is 4.83. The number of nitrogens with zero attached hydrogens (tertiary/aromatic N) is 1. The number of carbonyl (C=O) groups excluding carboxylic acids is 1. The number of hydrogen-bond acceptors (Lipinski definition) is 4. The third-order valence-electron chi connectivity index (χ3n) is 3.08. The third kappa shape index (κ3) is 4.02. The molecular weight excluding hydrogens is 400 g/mol. The number of hydrogen-bond donors (Lipinski definition) is 1. The fourth-order valence-corrected chi connectivity index (χ4v) is 3.34. The van der Waals surface area contributed by atoms with Gasteiger partial charge in [-0.05, 0) is 49.4 Å². The molecule has 1 atom stereocenters. The number of thiazole rings is 1. The van der Waals surface area contributed by atoms with Crippen LogP contribution in [0.5, 0.6) is 5.75 Å². The number of benzene rings is 2. The molecule has 1 unspecified atom stereocenters. The summed E-state index contributed by atoms with van der Waals surface area (Å²) in [6.07, 6.45) is -0.633. The Morgan fingerprint density at radius 3 is 2.78 bits per heavy atom. The van der Waals surface area contributed by atoms with Crippen LogP contribution in [-0.2, 0) is 4.79 Å². The normalized spacial score (nSPS) is 12.1. The van der Waals surface area contributed by atoms with Crippen molar-refractivity contribution in [3.63, 3.8) is 0 Å². The van der Waals surface area contributed by atoms with Crippen LogP contribution in [0.25, 0.3) is 10.2 Å². The lowest BCUT2D eigenvalue weighted by Gasteiger charge is -2.13. The first-order chi connectivity index (χ1) is 11.0. The van der Waals surface area contributed by atoms with Gasteiger partial charge >= 0.3 is 0 Å². The predicted molar refractivity (Wildman–Crippen MR) is 97.5 cm³/mol. The van der Waals surface area contributed by atoms with Crippen molar-refractivity contribution in [1.82, 2.24) is 4.98 Å². The molecule has 23 heavy (non-hydrogen) atoms. The Morgan fingerprint density at radius 2 is 2.04 bits per heavy atom. The highest BCUT2D eigenvalue weighted by molar-refractivity contribution is 9.10. The number of anilines is 1. The van der Waals surface area contributed by atoms with E-state index in [1.165, 1.54) is 11.3 Å². The van der Waals surface area contributed by atoms with E-state index in [4.69, 9.17) is 16.3 Å². The Balaban J connectivity index is 1.68. The average molecular weight is 412 g/mol. The topological polar surface area (TPSA) is 51.2 Å². The van der Waals surface area contributed by atoms with Gasteiger partial charge in [-0.25, -0.2) is 4.98 Å². The minimum absolute atomic E-state index is 0.252. The zero-order chi connectivity index (χ0) is 16.4. The highest BCUT2D eigenvalue weighted by Gasteiger charge is 2.16. The Hall–Kier alpha value is -1.63. The van der Waals surface area contributed by atoms with Gasteiger partial charge in [0, 0.05) is 9.50 Å². The number of fused-ring (bicyclic) bond motifs is 1. The summed E-state index contributed by atoms with van der Waals surface area (Å²) in [4.78, 5) is 16.6. The van der Waals surface area contributed by atoms with Gasteiger partial charge in [-0.3, -0.25) is 10.1 Å². The number of ether oxygens (including phenoxy) is 1. The van der Waals surface area contributed by atoms with Crippen molar-refractivity contribution in [2.24, 2.45) is 0 Å². The maximum Gasteiger partial charge on any atom is 0.266 e. The molecule has 3 rings (SSSR count). The van der Waals surface area contributed by atoms with E-state index in [1.807, 2.05) is 24.3 Å². The molecule has 0 spiro atoms. The number of carbonyl (C=O) groups is 1. The van der Waals surface area contributed by atoms with Gasteiger partial charge in [0.25, 0.3) is 5.91 Å². The lowest BCUT2D eigenvalue weighted by Crippen LogP contribution is -2.30. The summed E-state index contributed by atoms with van der Waals surface area (Å²) in [7, 11) is 0. The van der Waals surface area contributed by atoms with E-state index in [0.29, 0.717) is 15.9 Å². The van der Waals surface area contributed by atoms with Crippen LogP contribution >= 0.6 is 38.9 Å². The predicted octanol–water partition coefficient (Wildman–Crippen LogP) is 5.12. The van der Waals surface area contributed by atoms with Crippen molar-refractivity contribution in [2.45, 2.75) is 13.0 Å². The molecule has 0 bridgehead atoms. The van der Waals surface area contributed by atoms with Gasteiger partial charge in [0.15, 0.2) is 11.2 Å². The van der Waals surface area contributed by atoms with E-state index >= 15 is 0 Å². The molecule has 0 radical (unpaired) electrons. The number of aromatic nitrogens is 1. The lowest BCUT2D eigenvalue weighted by molar-refractivity contribution is -0.122. The van der Waals surface area contributed by atoms with E-state index in [0.717, 1.165) is 14.7 Å². The minimum Gasteiger partial charge on any atom is -0.481 e. The van der Waals surface area contributed by atoms with Gasteiger partial charge < -0.3 is 4.74 Å². The van der Waals surface area contributed by atoms with E-state index < -0.39 is 6.10 Å². The van der Waals surface area contributed by atoms with Crippen molar-refractivity contribution < 1.29 is 9.53 Å².